The van der Waals surface area contributed by atoms with E-state index in [0.717, 1.165) is 114 Å². The van der Waals surface area contributed by atoms with Gasteiger partial charge in [0.25, 0.3) is 0 Å². The summed E-state index contributed by atoms with van der Waals surface area (Å²) < 4.78 is 12.3. The van der Waals surface area contributed by atoms with Gasteiger partial charge in [-0.3, -0.25) is 0 Å². The molecule has 10 rings (SSSR count). The van der Waals surface area contributed by atoms with Crippen molar-refractivity contribution >= 4 is 76.4 Å². The molecule has 0 amide bonds. The molecule has 10 aromatic rings. The van der Waals surface area contributed by atoms with Crippen LogP contribution in [0, 0.1) is 0 Å². The quantitative estimate of drug-likeness (QED) is 0.107. The number of hydrogen-bond acceptors (Lipinski definition) is 6. The Hall–Kier alpha value is -7.18. The van der Waals surface area contributed by atoms with Crippen molar-refractivity contribution in [1.82, 2.24) is 0 Å². The molecule has 294 valence electrons. The number of benzene rings is 8. The summed E-state index contributed by atoms with van der Waals surface area (Å²) in [6.45, 7) is 11.9. The van der Waals surface area contributed by atoms with Gasteiger partial charge in [-0.25, -0.2) is 9.59 Å². The first kappa shape index (κ1) is 37.1. The summed E-state index contributed by atoms with van der Waals surface area (Å²) in [6, 6.07) is 49.7. The SMILES string of the molecule is CCN(CC)c1ccc2cc(-c3c4ccccc4c(-c4c5ccccc5c(-c5cc6ccc(N(CC)CC)cc6oc5=O)c5ccccc45)c4ccccc34)c(=O)oc2c1. The third-order valence-electron chi connectivity index (χ3n) is 12.3. The van der Waals surface area contributed by atoms with Gasteiger partial charge in [-0.2, -0.15) is 0 Å². The first-order valence-corrected chi connectivity index (χ1v) is 21.0. The van der Waals surface area contributed by atoms with E-state index in [-0.39, 0.29) is 11.3 Å². The molecule has 0 radical (unpaired) electrons. The molecule has 0 atom stereocenters. The lowest BCUT2D eigenvalue weighted by Crippen LogP contribution is -2.21. The highest BCUT2D eigenvalue weighted by molar-refractivity contribution is 6.30. The zero-order chi connectivity index (χ0) is 41.1. The average molecular weight is 785 g/mol. The molecule has 0 fully saturated rings. The molecule has 0 saturated heterocycles. The second-order valence-corrected chi connectivity index (χ2v) is 15.4. The van der Waals surface area contributed by atoms with Crippen LogP contribution in [0.2, 0.25) is 0 Å². The fraction of sp³-hybridized carbons (Fsp3) is 0.148. The first-order chi connectivity index (χ1) is 29.4. The molecule has 0 aliphatic rings. The molecular formula is C54H44N2O4. The molecule has 0 unspecified atom stereocenters. The molecule has 2 heterocycles. The lowest BCUT2D eigenvalue weighted by molar-refractivity contribution is 0.563. The summed E-state index contributed by atoms with van der Waals surface area (Å²) in [5.74, 6) is 0. The van der Waals surface area contributed by atoms with Crippen molar-refractivity contribution in [2.45, 2.75) is 27.7 Å². The van der Waals surface area contributed by atoms with Crippen LogP contribution in [0.5, 0.6) is 0 Å². The van der Waals surface area contributed by atoms with E-state index in [1.807, 2.05) is 60.7 Å². The van der Waals surface area contributed by atoms with E-state index in [4.69, 9.17) is 8.83 Å². The zero-order valence-electron chi connectivity index (χ0n) is 34.2. The van der Waals surface area contributed by atoms with E-state index in [9.17, 15) is 9.59 Å². The Bertz CT molecular complexity index is 3100. The van der Waals surface area contributed by atoms with E-state index in [2.05, 4.69) is 122 Å². The molecular weight excluding hydrogens is 741 g/mol. The fourth-order valence-corrected chi connectivity index (χ4v) is 9.50. The van der Waals surface area contributed by atoms with Gasteiger partial charge in [-0.1, -0.05) is 97.1 Å². The van der Waals surface area contributed by atoms with Crippen molar-refractivity contribution in [3.8, 4) is 33.4 Å². The molecule has 0 aliphatic heterocycles. The maximum atomic E-state index is 14.2. The molecule has 0 N–H and O–H groups in total. The summed E-state index contributed by atoms with van der Waals surface area (Å²) in [6.07, 6.45) is 0. The van der Waals surface area contributed by atoms with Gasteiger partial charge in [0.1, 0.15) is 11.2 Å². The monoisotopic (exact) mass is 784 g/mol. The van der Waals surface area contributed by atoms with Crippen molar-refractivity contribution in [3.63, 3.8) is 0 Å². The zero-order valence-corrected chi connectivity index (χ0v) is 34.2. The number of rotatable bonds is 9. The van der Waals surface area contributed by atoms with Gasteiger partial charge in [0, 0.05) is 71.6 Å². The average Bonchev–Trinajstić information content (AvgIpc) is 3.28. The first-order valence-electron chi connectivity index (χ1n) is 21.0. The second-order valence-electron chi connectivity index (χ2n) is 15.4. The highest BCUT2D eigenvalue weighted by Gasteiger charge is 2.25. The molecule has 0 saturated carbocycles. The Balaban J connectivity index is 1.25. The minimum absolute atomic E-state index is 0.374. The van der Waals surface area contributed by atoms with E-state index in [1.165, 1.54) is 0 Å². The van der Waals surface area contributed by atoms with Crippen LogP contribution in [0.25, 0.3) is 98.4 Å². The van der Waals surface area contributed by atoms with Gasteiger partial charge in [0.15, 0.2) is 0 Å². The molecule has 60 heavy (non-hydrogen) atoms. The van der Waals surface area contributed by atoms with Crippen molar-refractivity contribution in [3.05, 3.63) is 166 Å². The summed E-state index contributed by atoms with van der Waals surface area (Å²) in [7, 11) is 0. The Morgan fingerprint density at radius 2 is 0.650 bits per heavy atom. The largest absolute Gasteiger partial charge is 0.422 e. The topological polar surface area (TPSA) is 66.9 Å². The third-order valence-corrected chi connectivity index (χ3v) is 12.3. The van der Waals surface area contributed by atoms with Gasteiger partial charge in [0.05, 0.1) is 11.1 Å². The number of hydrogen-bond donors (Lipinski definition) is 0. The van der Waals surface area contributed by atoms with E-state index >= 15 is 0 Å². The van der Waals surface area contributed by atoms with Gasteiger partial charge in [-0.15, -0.1) is 0 Å². The van der Waals surface area contributed by atoms with Crippen molar-refractivity contribution < 1.29 is 8.83 Å². The lowest BCUT2D eigenvalue weighted by Gasteiger charge is -2.22. The van der Waals surface area contributed by atoms with Crippen LogP contribution in [-0.4, -0.2) is 26.2 Å². The van der Waals surface area contributed by atoms with Gasteiger partial charge < -0.3 is 18.6 Å². The predicted molar refractivity (Wildman–Crippen MR) is 252 cm³/mol. The molecule has 6 heteroatoms. The fourth-order valence-electron chi connectivity index (χ4n) is 9.50. The van der Waals surface area contributed by atoms with Crippen LogP contribution in [0.4, 0.5) is 11.4 Å². The van der Waals surface area contributed by atoms with Gasteiger partial charge in [0.2, 0.25) is 0 Å². The van der Waals surface area contributed by atoms with Crippen LogP contribution in [0.15, 0.2) is 164 Å². The smallest absolute Gasteiger partial charge is 0.344 e. The van der Waals surface area contributed by atoms with Crippen LogP contribution >= 0.6 is 0 Å². The normalized spacial score (nSPS) is 11.7. The predicted octanol–water partition coefficient (Wildman–Crippen LogP) is 13.2. The van der Waals surface area contributed by atoms with Crippen molar-refractivity contribution in [2.24, 2.45) is 0 Å². The number of anilines is 2. The maximum absolute atomic E-state index is 14.2. The van der Waals surface area contributed by atoms with Crippen LogP contribution in [0.3, 0.4) is 0 Å². The van der Waals surface area contributed by atoms with Crippen LogP contribution in [-0.2, 0) is 0 Å². The Labute approximate surface area is 347 Å². The van der Waals surface area contributed by atoms with E-state index < -0.39 is 0 Å². The summed E-state index contributed by atoms with van der Waals surface area (Å²) >= 11 is 0. The maximum Gasteiger partial charge on any atom is 0.344 e. The number of nitrogens with zero attached hydrogens (tertiary/aromatic N) is 2. The molecule has 0 aliphatic carbocycles. The van der Waals surface area contributed by atoms with Gasteiger partial charge >= 0.3 is 11.3 Å². The molecule has 0 spiro atoms. The highest BCUT2D eigenvalue weighted by Crippen LogP contribution is 2.49. The minimum Gasteiger partial charge on any atom is -0.422 e. The van der Waals surface area contributed by atoms with Crippen molar-refractivity contribution in [1.29, 1.82) is 0 Å². The summed E-state index contributed by atoms with van der Waals surface area (Å²) in [4.78, 5) is 32.9. The molecule has 2 aromatic heterocycles. The Kier molecular flexibility index (Phi) is 9.21. The molecule has 8 aromatic carbocycles. The van der Waals surface area contributed by atoms with Gasteiger partial charge in [-0.05, 0) is 118 Å². The van der Waals surface area contributed by atoms with E-state index in [0.29, 0.717) is 22.3 Å². The lowest BCUT2D eigenvalue weighted by atomic mass is 9.81. The summed E-state index contributed by atoms with van der Waals surface area (Å²) in [5.41, 5.74) is 7.31. The molecule has 6 nitrogen and oxygen atoms in total. The van der Waals surface area contributed by atoms with Crippen LogP contribution in [0.1, 0.15) is 27.7 Å². The minimum atomic E-state index is -0.374. The Morgan fingerprint density at radius 1 is 0.367 bits per heavy atom. The highest BCUT2D eigenvalue weighted by atomic mass is 16.4. The van der Waals surface area contributed by atoms with Crippen LogP contribution < -0.4 is 21.1 Å². The third kappa shape index (κ3) is 5.85. The Morgan fingerprint density at radius 3 is 0.933 bits per heavy atom. The molecule has 0 bridgehead atoms. The second kappa shape index (κ2) is 14.9. The standard InChI is InChI=1S/C54H44N2O4/c1-5-55(6-2)35-27-25-33-29-45(53(57)59-47(33)31-35)49-37-17-9-13-21-41(37)51(42-22-14-10-18-38(42)49)52-43-23-15-11-19-39(43)50(40-20-12-16-24-44(40)52)46-30-34-26-28-36(56(7-3)8-4)32-48(34)60-54(46)58/h9-32H,5-8H2,1-4H3. The number of fused-ring (bicyclic) bond motifs is 6. The van der Waals surface area contributed by atoms with E-state index in [1.54, 1.807) is 0 Å². The van der Waals surface area contributed by atoms with Crippen molar-refractivity contribution in [2.75, 3.05) is 36.0 Å². The summed E-state index contributed by atoms with van der Waals surface area (Å²) in [5, 5.41) is 9.60.